The maximum absolute atomic E-state index is 10.1. The highest BCUT2D eigenvalue weighted by atomic mass is 16.3. The molecule has 18 heavy (non-hydrogen) atoms. The highest BCUT2D eigenvalue weighted by Crippen LogP contribution is 2.27. The van der Waals surface area contributed by atoms with Crippen LogP contribution in [0.3, 0.4) is 0 Å². The maximum Gasteiger partial charge on any atom is 0.0900 e. The molecule has 110 valence electrons. The molecule has 0 radical (unpaired) electrons. The highest BCUT2D eigenvalue weighted by Gasteiger charge is 2.36. The second-order valence-corrected chi connectivity index (χ2v) is 6.13. The third-order valence-electron chi connectivity index (χ3n) is 3.89. The second kappa shape index (κ2) is 8.89. The van der Waals surface area contributed by atoms with Crippen LogP contribution >= 0.6 is 0 Å². The molecule has 0 amide bonds. The first-order chi connectivity index (χ1) is 8.31. The fraction of sp³-hybridized carbons (Fsp3) is 1.00. The molecule has 0 aliphatic rings. The van der Waals surface area contributed by atoms with Crippen molar-refractivity contribution >= 4 is 0 Å². The van der Waals surface area contributed by atoms with Gasteiger partial charge in [0.05, 0.1) is 11.2 Å². The Morgan fingerprint density at radius 1 is 0.667 bits per heavy atom. The molecule has 1 atom stereocenters. The molecule has 1 unspecified atom stereocenters. The van der Waals surface area contributed by atoms with Crippen LogP contribution in [0, 0.1) is 0 Å². The Balaban J connectivity index is 3.41. The van der Waals surface area contributed by atoms with Gasteiger partial charge in [0.25, 0.3) is 0 Å². The van der Waals surface area contributed by atoms with E-state index in [9.17, 15) is 10.2 Å². The van der Waals surface area contributed by atoms with Crippen molar-refractivity contribution in [2.45, 2.75) is 89.8 Å². The monoisotopic (exact) mass is 260 g/mol. The molecule has 0 rings (SSSR count). The number of aliphatic hydroxyl groups excluding tert-OH is 1. The quantitative estimate of drug-likeness (QED) is 0.500. The molecule has 0 aliphatic carbocycles. The minimum atomic E-state index is -1.03. The van der Waals surface area contributed by atoms with Crippen molar-refractivity contribution in [1.29, 1.82) is 0 Å². The van der Waals surface area contributed by atoms with Crippen molar-refractivity contribution < 1.29 is 15.3 Å². The summed E-state index contributed by atoms with van der Waals surface area (Å²) in [5.74, 6) is 0. The third kappa shape index (κ3) is 8.06. The average molecular weight is 260 g/mol. The van der Waals surface area contributed by atoms with Crippen molar-refractivity contribution in [2.24, 2.45) is 0 Å². The van der Waals surface area contributed by atoms with Gasteiger partial charge in [-0.1, -0.05) is 44.9 Å². The van der Waals surface area contributed by atoms with Gasteiger partial charge in [0.1, 0.15) is 0 Å². The zero-order valence-corrected chi connectivity index (χ0v) is 12.4. The van der Waals surface area contributed by atoms with Gasteiger partial charge < -0.3 is 15.3 Å². The first-order valence-corrected chi connectivity index (χ1v) is 7.37. The summed E-state index contributed by atoms with van der Waals surface area (Å²) in [7, 11) is 0. The molecule has 3 heteroatoms. The lowest BCUT2D eigenvalue weighted by Gasteiger charge is -2.35. The maximum atomic E-state index is 10.1. The van der Waals surface area contributed by atoms with Gasteiger partial charge in [-0.15, -0.1) is 0 Å². The van der Waals surface area contributed by atoms with Gasteiger partial charge in [0, 0.05) is 6.61 Å². The second-order valence-electron chi connectivity index (χ2n) is 6.13. The Hall–Kier alpha value is -0.120. The van der Waals surface area contributed by atoms with E-state index in [1.807, 2.05) is 0 Å². The van der Waals surface area contributed by atoms with Crippen LogP contribution in [0.15, 0.2) is 0 Å². The van der Waals surface area contributed by atoms with Gasteiger partial charge in [0.2, 0.25) is 0 Å². The fourth-order valence-electron chi connectivity index (χ4n) is 1.95. The Morgan fingerprint density at radius 2 is 1.06 bits per heavy atom. The molecule has 0 saturated heterocycles. The molecule has 0 aromatic rings. The molecule has 0 fully saturated rings. The Bertz CT molecular complexity index is 194. The zero-order valence-electron chi connectivity index (χ0n) is 12.4. The van der Waals surface area contributed by atoms with Crippen molar-refractivity contribution in [2.75, 3.05) is 6.61 Å². The summed E-state index contributed by atoms with van der Waals surface area (Å²) >= 11 is 0. The number of hydrogen-bond donors (Lipinski definition) is 3. The normalized spacial score (nSPS) is 15.7. The van der Waals surface area contributed by atoms with E-state index in [0.717, 1.165) is 25.7 Å². The first kappa shape index (κ1) is 17.9. The van der Waals surface area contributed by atoms with E-state index in [4.69, 9.17) is 5.11 Å². The minimum Gasteiger partial charge on any atom is -0.396 e. The number of unbranched alkanes of at least 4 members (excludes halogenated alkanes) is 7. The molecule has 0 bridgehead atoms. The minimum absolute atomic E-state index is 0.312. The Morgan fingerprint density at radius 3 is 1.44 bits per heavy atom. The zero-order chi connectivity index (χ0) is 14.1. The number of rotatable bonds is 11. The number of aliphatic hydroxyl groups is 3. The molecular weight excluding hydrogens is 228 g/mol. The van der Waals surface area contributed by atoms with Gasteiger partial charge in [-0.05, 0) is 33.6 Å². The highest BCUT2D eigenvalue weighted by molar-refractivity contribution is 4.89. The van der Waals surface area contributed by atoms with Gasteiger partial charge in [-0.2, -0.15) is 0 Å². The molecular formula is C15H32O3. The fourth-order valence-corrected chi connectivity index (χ4v) is 1.95. The summed E-state index contributed by atoms with van der Waals surface area (Å²) in [4.78, 5) is 0. The van der Waals surface area contributed by atoms with Crippen LogP contribution in [-0.4, -0.2) is 33.1 Å². The van der Waals surface area contributed by atoms with Gasteiger partial charge in [-0.3, -0.25) is 0 Å². The van der Waals surface area contributed by atoms with Crippen LogP contribution < -0.4 is 0 Å². The SMILES string of the molecule is CC(C)(O)C(C)(O)CCCCCCCCCCO. The molecule has 0 aromatic carbocycles. The number of hydrogen-bond acceptors (Lipinski definition) is 3. The van der Waals surface area contributed by atoms with Crippen molar-refractivity contribution in [3.8, 4) is 0 Å². The van der Waals surface area contributed by atoms with E-state index in [0.29, 0.717) is 13.0 Å². The summed E-state index contributed by atoms with van der Waals surface area (Å²) in [6, 6.07) is 0. The molecule has 3 nitrogen and oxygen atoms in total. The van der Waals surface area contributed by atoms with E-state index >= 15 is 0 Å². The van der Waals surface area contributed by atoms with Crippen LogP contribution in [0.4, 0.5) is 0 Å². The van der Waals surface area contributed by atoms with E-state index in [-0.39, 0.29) is 0 Å². The van der Waals surface area contributed by atoms with Crippen LogP contribution in [0.25, 0.3) is 0 Å². The summed E-state index contributed by atoms with van der Waals surface area (Å²) in [6.45, 7) is 5.34. The third-order valence-corrected chi connectivity index (χ3v) is 3.89. The summed E-state index contributed by atoms with van der Waals surface area (Å²) in [6.07, 6.45) is 9.67. The van der Waals surface area contributed by atoms with Crippen LogP contribution in [0.5, 0.6) is 0 Å². The molecule has 0 heterocycles. The topological polar surface area (TPSA) is 60.7 Å². The lowest BCUT2D eigenvalue weighted by atomic mass is 9.83. The van der Waals surface area contributed by atoms with Gasteiger partial charge in [0.15, 0.2) is 0 Å². The Kier molecular flexibility index (Phi) is 8.83. The molecule has 0 spiro atoms. The smallest absolute Gasteiger partial charge is 0.0900 e. The Labute approximate surface area is 112 Å². The van der Waals surface area contributed by atoms with Crippen molar-refractivity contribution in [3.05, 3.63) is 0 Å². The summed E-state index contributed by atoms with van der Waals surface area (Å²) in [5.41, 5.74) is -2.02. The summed E-state index contributed by atoms with van der Waals surface area (Å²) < 4.78 is 0. The van der Waals surface area contributed by atoms with Crippen molar-refractivity contribution in [1.82, 2.24) is 0 Å². The standard InChI is InChI=1S/C15H32O3/c1-14(2,17)15(3,18)12-10-8-6-4-5-7-9-11-13-16/h16-18H,4-13H2,1-3H3. The lowest BCUT2D eigenvalue weighted by Crippen LogP contribution is -2.47. The molecule has 0 aromatic heterocycles. The predicted octanol–water partition coefficient (Wildman–Crippen LogP) is 3.01. The summed E-state index contributed by atoms with van der Waals surface area (Å²) in [5, 5.41) is 28.5. The van der Waals surface area contributed by atoms with Gasteiger partial charge in [-0.25, -0.2) is 0 Å². The first-order valence-electron chi connectivity index (χ1n) is 7.37. The van der Waals surface area contributed by atoms with E-state index in [2.05, 4.69) is 0 Å². The molecule has 0 saturated carbocycles. The van der Waals surface area contributed by atoms with E-state index in [1.54, 1.807) is 20.8 Å². The average Bonchev–Trinajstić information content (AvgIpc) is 2.25. The molecule has 3 N–H and O–H groups in total. The van der Waals surface area contributed by atoms with Gasteiger partial charge >= 0.3 is 0 Å². The molecule has 0 aliphatic heterocycles. The van der Waals surface area contributed by atoms with E-state index < -0.39 is 11.2 Å². The van der Waals surface area contributed by atoms with Crippen molar-refractivity contribution in [3.63, 3.8) is 0 Å². The van der Waals surface area contributed by atoms with Crippen LogP contribution in [0.2, 0.25) is 0 Å². The lowest BCUT2D eigenvalue weighted by molar-refractivity contribution is -0.124. The van der Waals surface area contributed by atoms with Crippen LogP contribution in [-0.2, 0) is 0 Å². The predicted molar refractivity (Wildman–Crippen MR) is 75.6 cm³/mol. The van der Waals surface area contributed by atoms with E-state index in [1.165, 1.54) is 25.7 Å². The largest absolute Gasteiger partial charge is 0.396 e. The van der Waals surface area contributed by atoms with Crippen LogP contribution in [0.1, 0.15) is 78.6 Å².